The highest BCUT2D eigenvalue weighted by atomic mass is 35.5. The Kier molecular flexibility index (Phi) is 3.98. The van der Waals surface area contributed by atoms with Gasteiger partial charge in [0, 0.05) is 22.3 Å². The van der Waals surface area contributed by atoms with Crippen molar-refractivity contribution in [3.05, 3.63) is 77.6 Å². The van der Waals surface area contributed by atoms with Gasteiger partial charge in [-0.15, -0.1) is 0 Å². The Morgan fingerprint density at radius 1 is 0.909 bits per heavy atom. The van der Waals surface area contributed by atoms with Crippen LogP contribution in [0.1, 0.15) is 0 Å². The standard InChI is InChI=1S/C18H13ClFNO/c19-13-3-1-2-12(10-13)17-9-6-15(21)11-18(17)22-16-7-4-14(20)5-8-16/h1-11H,21H2. The van der Waals surface area contributed by atoms with Crippen molar-refractivity contribution in [1.29, 1.82) is 0 Å². The minimum atomic E-state index is -0.310. The summed E-state index contributed by atoms with van der Waals surface area (Å²) in [7, 11) is 0. The molecule has 0 spiro atoms. The monoisotopic (exact) mass is 313 g/mol. The molecule has 2 nitrogen and oxygen atoms in total. The second kappa shape index (κ2) is 6.08. The van der Waals surface area contributed by atoms with Gasteiger partial charge in [-0.05, 0) is 54.1 Å². The van der Waals surface area contributed by atoms with Gasteiger partial charge in [0.25, 0.3) is 0 Å². The van der Waals surface area contributed by atoms with Gasteiger partial charge in [0.05, 0.1) is 0 Å². The Morgan fingerprint density at radius 2 is 1.68 bits per heavy atom. The number of halogens is 2. The van der Waals surface area contributed by atoms with E-state index in [1.54, 1.807) is 24.3 Å². The third kappa shape index (κ3) is 3.21. The largest absolute Gasteiger partial charge is 0.457 e. The predicted octanol–water partition coefficient (Wildman–Crippen LogP) is 5.52. The quantitative estimate of drug-likeness (QED) is 0.646. The summed E-state index contributed by atoms with van der Waals surface area (Å²) < 4.78 is 18.8. The molecule has 0 aliphatic carbocycles. The maximum absolute atomic E-state index is 13.0. The Hall–Kier alpha value is -2.52. The summed E-state index contributed by atoms with van der Waals surface area (Å²) in [4.78, 5) is 0. The second-order valence-electron chi connectivity index (χ2n) is 4.82. The molecule has 3 rings (SSSR count). The fourth-order valence-electron chi connectivity index (χ4n) is 2.15. The van der Waals surface area contributed by atoms with Crippen molar-refractivity contribution >= 4 is 17.3 Å². The van der Waals surface area contributed by atoms with Crippen LogP contribution in [0, 0.1) is 5.82 Å². The number of anilines is 1. The number of benzene rings is 3. The lowest BCUT2D eigenvalue weighted by Gasteiger charge is -2.12. The summed E-state index contributed by atoms with van der Waals surface area (Å²) in [6.45, 7) is 0. The first-order valence-corrected chi connectivity index (χ1v) is 7.08. The Morgan fingerprint density at radius 3 is 2.41 bits per heavy atom. The molecule has 0 heterocycles. The first kappa shape index (κ1) is 14.4. The van der Waals surface area contributed by atoms with Crippen molar-refractivity contribution < 1.29 is 9.13 Å². The molecule has 2 N–H and O–H groups in total. The van der Waals surface area contributed by atoms with Crippen molar-refractivity contribution in [3.8, 4) is 22.6 Å². The maximum Gasteiger partial charge on any atom is 0.137 e. The molecule has 0 radical (unpaired) electrons. The van der Waals surface area contributed by atoms with E-state index >= 15 is 0 Å². The first-order chi connectivity index (χ1) is 10.6. The molecular weight excluding hydrogens is 301 g/mol. The summed E-state index contributed by atoms with van der Waals surface area (Å²) in [5.41, 5.74) is 8.22. The molecule has 0 atom stereocenters. The summed E-state index contributed by atoms with van der Waals surface area (Å²) in [6.07, 6.45) is 0. The first-order valence-electron chi connectivity index (χ1n) is 6.71. The zero-order valence-corrected chi connectivity index (χ0v) is 12.3. The van der Waals surface area contributed by atoms with Crippen LogP contribution in [0.15, 0.2) is 66.7 Å². The average Bonchev–Trinajstić information content (AvgIpc) is 2.50. The minimum absolute atomic E-state index is 0.310. The van der Waals surface area contributed by atoms with E-state index < -0.39 is 0 Å². The number of hydrogen-bond donors (Lipinski definition) is 1. The molecule has 0 fully saturated rings. The van der Waals surface area contributed by atoms with Crippen LogP contribution < -0.4 is 10.5 Å². The predicted molar refractivity (Wildman–Crippen MR) is 87.8 cm³/mol. The lowest BCUT2D eigenvalue weighted by molar-refractivity contribution is 0.482. The van der Waals surface area contributed by atoms with E-state index in [0.29, 0.717) is 22.2 Å². The van der Waals surface area contributed by atoms with E-state index in [2.05, 4.69) is 0 Å². The van der Waals surface area contributed by atoms with Gasteiger partial charge in [-0.2, -0.15) is 0 Å². The van der Waals surface area contributed by atoms with Gasteiger partial charge in [-0.25, -0.2) is 4.39 Å². The fourth-order valence-corrected chi connectivity index (χ4v) is 2.34. The molecule has 4 heteroatoms. The van der Waals surface area contributed by atoms with E-state index in [-0.39, 0.29) is 5.82 Å². The topological polar surface area (TPSA) is 35.2 Å². The molecule has 22 heavy (non-hydrogen) atoms. The van der Waals surface area contributed by atoms with Gasteiger partial charge in [-0.3, -0.25) is 0 Å². The summed E-state index contributed by atoms with van der Waals surface area (Å²) in [6, 6.07) is 18.7. The van der Waals surface area contributed by atoms with Crippen molar-refractivity contribution in [3.63, 3.8) is 0 Å². The van der Waals surface area contributed by atoms with Gasteiger partial charge >= 0.3 is 0 Å². The molecule has 0 aliphatic heterocycles. The Labute approximate surface area is 132 Å². The second-order valence-corrected chi connectivity index (χ2v) is 5.26. The summed E-state index contributed by atoms with van der Waals surface area (Å²) in [5.74, 6) is 0.819. The van der Waals surface area contributed by atoms with Crippen molar-refractivity contribution in [1.82, 2.24) is 0 Å². The third-order valence-electron chi connectivity index (χ3n) is 3.18. The van der Waals surface area contributed by atoms with Crippen LogP contribution in [0.3, 0.4) is 0 Å². The van der Waals surface area contributed by atoms with Gasteiger partial charge < -0.3 is 10.5 Å². The number of nitrogen functional groups attached to an aromatic ring is 1. The average molecular weight is 314 g/mol. The third-order valence-corrected chi connectivity index (χ3v) is 3.42. The molecule has 0 bridgehead atoms. The minimum Gasteiger partial charge on any atom is -0.457 e. The molecule has 3 aromatic carbocycles. The van der Waals surface area contributed by atoms with Crippen LogP contribution >= 0.6 is 11.6 Å². The van der Waals surface area contributed by atoms with Crippen LogP contribution in [-0.2, 0) is 0 Å². The number of nitrogens with two attached hydrogens (primary N) is 1. The van der Waals surface area contributed by atoms with Gasteiger partial charge in [0.2, 0.25) is 0 Å². The summed E-state index contributed by atoms with van der Waals surface area (Å²) >= 11 is 6.05. The van der Waals surface area contributed by atoms with E-state index in [9.17, 15) is 4.39 Å². The molecule has 110 valence electrons. The SMILES string of the molecule is Nc1ccc(-c2cccc(Cl)c2)c(Oc2ccc(F)cc2)c1. The van der Waals surface area contributed by atoms with Crippen molar-refractivity contribution in [2.75, 3.05) is 5.73 Å². The van der Waals surface area contributed by atoms with Gasteiger partial charge in [-0.1, -0.05) is 23.7 Å². The molecular formula is C18H13ClFNO. The Balaban J connectivity index is 2.02. The molecule has 0 unspecified atom stereocenters. The van der Waals surface area contributed by atoms with Crippen molar-refractivity contribution in [2.45, 2.75) is 0 Å². The van der Waals surface area contributed by atoms with Crippen LogP contribution in [0.4, 0.5) is 10.1 Å². The smallest absolute Gasteiger partial charge is 0.137 e. The summed E-state index contributed by atoms with van der Waals surface area (Å²) in [5, 5.41) is 0.641. The fraction of sp³-hybridized carbons (Fsp3) is 0. The molecule has 0 amide bonds. The lowest BCUT2D eigenvalue weighted by atomic mass is 10.0. The van der Waals surface area contributed by atoms with Crippen molar-refractivity contribution in [2.24, 2.45) is 0 Å². The van der Waals surface area contributed by atoms with E-state index in [1.165, 1.54) is 12.1 Å². The van der Waals surface area contributed by atoms with Crippen LogP contribution in [0.25, 0.3) is 11.1 Å². The number of ether oxygens (including phenoxy) is 1. The zero-order chi connectivity index (χ0) is 15.5. The highest BCUT2D eigenvalue weighted by Gasteiger charge is 2.09. The highest BCUT2D eigenvalue weighted by Crippen LogP contribution is 2.35. The molecule has 3 aromatic rings. The van der Waals surface area contributed by atoms with Gasteiger partial charge in [0.1, 0.15) is 17.3 Å². The number of hydrogen-bond acceptors (Lipinski definition) is 2. The highest BCUT2D eigenvalue weighted by molar-refractivity contribution is 6.30. The van der Waals surface area contributed by atoms with E-state index in [1.807, 2.05) is 30.3 Å². The molecule has 0 aromatic heterocycles. The van der Waals surface area contributed by atoms with Gasteiger partial charge in [0.15, 0.2) is 0 Å². The maximum atomic E-state index is 13.0. The van der Waals surface area contributed by atoms with E-state index in [0.717, 1.165) is 11.1 Å². The lowest BCUT2D eigenvalue weighted by Crippen LogP contribution is -1.92. The number of rotatable bonds is 3. The van der Waals surface area contributed by atoms with Crippen LogP contribution in [0.5, 0.6) is 11.5 Å². The zero-order valence-electron chi connectivity index (χ0n) is 11.6. The molecule has 0 saturated heterocycles. The van der Waals surface area contributed by atoms with Crippen LogP contribution in [0.2, 0.25) is 5.02 Å². The Bertz CT molecular complexity index is 802. The molecule has 0 aliphatic rings. The normalized spacial score (nSPS) is 10.5. The van der Waals surface area contributed by atoms with E-state index in [4.69, 9.17) is 22.1 Å². The van der Waals surface area contributed by atoms with Crippen LogP contribution in [-0.4, -0.2) is 0 Å². The molecule has 0 saturated carbocycles.